The zero-order valence-corrected chi connectivity index (χ0v) is 14.9. The number of carbonyl (C=O) groups is 2. The van der Waals surface area contributed by atoms with Gasteiger partial charge in [0.15, 0.2) is 19.0 Å². The van der Waals surface area contributed by atoms with Crippen LogP contribution in [0.1, 0.15) is 0 Å². The summed E-state index contributed by atoms with van der Waals surface area (Å²) >= 11 is 5.86. The van der Waals surface area contributed by atoms with Gasteiger partial charge in [0, 0.05) is 11.1 Å². The summed E-state index contributed by atoms with van der Waals surface area (Å²) in [7, 11) is 1.43. The number of carbonyl (C=O) groups excluding carboxylic acids is 2. The van der Waals surface area contributed by atoms with Gasteiger partial charge in [0.1, 0.15) is 5.75 Å². The summed E-state index contributed by atoms with van der Waals surface area (Å²) in [4.78, 5) is 33.8. The van der Waals surface area contributed by atoms with Gasteiger partial charge in [0.2, 0.25) is 0 Å². The molecule has 2 rings (SSSR count). The lowest BCUT2D eigenvalue weighted by Gasteiger charge is -2.11. The molecule has 2 aromatic rings. The number of benzene rings is 2. The number of esters is 1. The molecule has 0 atom stereocenters. The zero-order chi connectivity index (χ0) is 19.8. The summed E-state index contributed by atoms with van der Waals surface area (Å²) in [6.07, 6.45) is 0. The summed E-state index contributed by atoms with van der Waals surface area (Å²) < 4.78 is 14.9. The Morgan fingerprint density at radius 3 is 2.59 bits per heavy atom. The fourth-order valence-corrected chi connectivity index (χ4v) is 2.19. The lowest BCUT2D eigenvalue weighted by molar-refractivity contribution is -0.385. The minimum atomic E-state index is -0.860. The van der Waals surface area contributed by atoms with Crippen LogP contribution in [-0.2, 0) is 14.3 Å². The normalized spacial score (nSPS) is 10.0. The average Bonchev–Trinajstić information content (AvgIpc) is 2.65. The third-order valence-electron chi connectivity index (χ3n) is 3.21. The molecule has 0 saturated heterocycles. The highest BCUT2D eigenvalue weighted by Gasteiger charge is 2.16. The zero-order valence-electron chi connectivity index (χ0n) is 14.1. The molecule has 0 bridgehead atoms. The molecule has 0 fully saturated rings. The van der Waals surface area contributed by atoms with Gasteiger partial charge in [-0.3, -0.25) is 14.9 Å². The van der Waals surface area contributed by atoms with Crippen molar-refractivity contribution in [3.63, 3.8) is 0 Å². The molecule has 0 aliphatic carbocycles. The molecule has 0 saturated carbocycles. The number of hydrogen-bond acceptors (Lipinski definition) is 7. The molecule has 1 N–H and O–H groups in total. The fourth-order valence-electron chi connectivity index (χ4n) is 2.02. The van der Waals surface area contributed by atoms with Gasteiger partial charge >= 0.3 is 11.7 Å². The van der Waals surface area contributed by atoms with Crippen molar-refractivity contribution in [2.75, 3.05) is 25.6 Å². The van der Waals surface area contributed by atoms with Crippen molar-refractivity contribution in [3.05, 3.63) is 57.6 Å². The van der Waals surface area contributed by atoms with Gasteiger partial charge in [-0.25, -0.2) is 4.79 Å². The maximum Gasteiger partial charge on any atom is 0.344 e. The number of rotatable bonds is 8. The minimum absolute atomic E-state index is 0.0763. The van der Waals surface area contributed by atoms with Crippen molar-refractivity contribution in [2.24, 2.45) is 0 Å². The molecular formula is C17H15ClN2O7. The number of para-hydroxylation sites is 2. The molecule has 1 amide bonds. The molecule has 0 aromatic heterocycles. The van der Waals surface area contributed by atoms with E-state index in [2.05, 4.69) is 5.32 Å². The first-order chi connectivity index (χ1) is 12.9. The molecule has 0 heterocycles. The van der Waals surface area contributed by atoms with Gasteiger partial charge in [-0.05, 0) is 24.3 Å². The molecule has 0 aliphatic rings. The van der Waals surface area contributed by atoms with Crippen molar-refractivity contribution in [1.29, 1.82) is 0 Å². The summed E-state index contributed by atoms with van der Waals surface area (Å²) in [5, 5.41) is 13.8. The summed E-state index contributed by atoms with van der Waals surface area (Å²) in [6.45, 7) is -1.16. The molecule has 2 aromatic carbocycles. The number of methoxy groups -OCH3 is 1. The Labute approximate surface area is 158 Å². The molecule has 0 unspecified atom stereocenters. The number of halogens is 1. The van der Waals surface area contributed by atoms with Gasteiger partial charge in [-0.15, -0.1) is 0 Å². The van der Waals surface area contributed by atoms with E-state index in [0.717, 1.165) is 0 Å². The van der Waals surface area contributed by atoms with E-state index in [4.69, 9.17) is 25.8 Å². The van der Waals surface area contributed by atoms with E-state index in [1.165, 1.54) is 37.4 Å². The second kappa shape index (κ2) is 9.39. The molecular weight excluding hydrogens is 380 g/mol. The van der Waals surface area contributed by atoms with Crippen LogP contribution in [0, 0.1) is 10.1 Å². The number of nitro groups is 1. The largest absolute Gasteiger partial charge is 0.495 e. The van der Waals surface area contributed by atoms with Crippen LogP contribution in [0.3, 0.4) is 0 Å². The monoisotopic (exact) mass is 394 g/mol. The van der Waals surface area contributed by atoms with Crippen molar-refractivity contribution in [1.82, 2.24) is 0 Å². The van der Waals surface area contributed by atoms with Crippen molar-refractivity contribution < 1.29 is 28.7 Å². The van der Waals surface area contributed by atoms with Crippen molar-refractivity contribution >= 4 is 34.9 Å². The van der Waals surface area contributed by atoms with Crippen LogP contribution in [0.4, 0.5) is 11.4 Å². The first-order valence-corrected chi connectivity index (χ1v) is 7.93. The standard InChI is InChI=1S/C17H15ClN2O7/c1-25-14-7-6-11(18)8-12(14)19-16(21)9-27-17(22)10-26-15-5-3-2-4-13(15)20(23)24/h2-8H,9-10H2,1H3,(H,19,21). The maximum atomic E-state index is 11.9. The topological polar surface area (TPSA) is 117 Å². The smallest absolute Gasteiger partial charge is 0.344 e. The van der Waals surface area contributed by atoms with E-state index in [9.17, 15) is 19.7 Å². The fraction of sp³-hybridized carbons (Fsp3) is 0.176. The van der Waals surface area contributed by atoms with Crippen LogP contribution < -0.4 is 14.8 Å². The molecule has 10 heteroatoms. The Kier molecular flexibility index (Phi) is 6.95. The van der Waals surface area contributed by atoms with Crippen LogP contribution in [0.15, 0.2) is 42.5 Å². The second-order valence-electron chi connectivity index (χ2n) is 5.07. The van der Waals surface area contributed by atoms with Crippen molar-refractivity contribution in [3.8, 4) is 11.5 Å². The molecule has 27 heavy (non-hydrogen) atoms. The average molecular weight is 395 g/mol. The van der Waals surface area contributed by atoms with E-state index in [1.54, 1.807) is 12.1 Å². The van der Waals surface area contributed by atoms with Gasteiger partial charge in [0.25, 0.3) is 5.91 Å². The Bertz CT molecular complexity index is 857. The number of nitrogens with one attached hydrogen (secondary N) is 1. The Morgan fingerprint density at radius 2 is 1.89 bits per heavy atom. The highest BCUT2D eigenvalue weighted by atomic mass is 35.5. The number of anilines is 1. The van der Waals surface area contributed by atoms with E-state index in [1.807, 2.05) is 0 Å². The van der Waals surface area contributed by atoms with E-state index in [0.29, 0.717) is 16.5 Å². The molecule has 0 radical (unpaired) electrons. The first-order valence-electron chi connectivity index (χ1n) is 7.56. The quantitative estimate of drug-likeness (QED) is 0.415. The Morgan fingerprint density at radius 1 is 1.15 bits per heavy atom. The second-order valence-corrected chi connectivity index (χ2v) is 5.50. The van der Waals surface area contributed by atoms with Crippen LogP contribution in [-0.4, -0.2) is 37.1 Å². The lowest BCUT2D eigenvalue weighted by atomic mass is 10.3. The van der Waals surface area contributed by atoms with Gasteiger partial charge in [0.05, 0.1) is 17.7 Å². The highest BCUT2D eigenvalue weighted by molar-refractivity contribution is 6.31. The van der Waals surface area contributed by atoms with E-state index >= 15 is 0 Å². The predicted octanol–water partition coefficient (Wildman–Crippen LogP) is 2.82. The Hall–Kier alpha value is -3.33. The number of nitrogens with zero attached hydrogens (tertiary/aromatic N) is 1. The number of amides is 1. The molecule has 9 nitrogen and oxygen atoms in total. The number of ether oxygens (including phenoxy) is 3. The van der Waals surface area contributed by atoms with Crippen molar-refractivity contribution in [2.45, 2.75) is 0 Å². The third-order valence-corrected chi connectivity index (χ3v) is 3.44. The van der Waals surface area contributed by atoms with E-state index in [-0.39, 0.29) is 11.4 Å². The van der Waals surface area contributed by atoms with Gasteiger partial charge < -0.3 is 19.5 Å². The first kappa shape index (κ1) is 20.0. The maximum absolute atomic E-state index is 11.9. The minimum Gasteiger partial charge on any atom is -0.495 e. The number of hydrogen-bond donors (Lipinski definition) is 1. The molecule has 142 valence electrons. The Balaban J connectivity index is 1.85. The number of nitro benzene ring substituents is 1. The van der Waals surface area contributed by atoms with Crippen LogP contribution in [0.2, 0.25) is 5.02 Å². The molecule has 0 aliphatic heterocycles. The van der Waals surface area contributed by atoms with Crippen LogP contribution >= 0.6 is 11.6 Å². The summed E-state index contributed by atoms with van der Waals surface area (Å²) in [5.74, 6) is -1.16. The lowest BCUT2D eigenvalue weighted by Crippen LogP contribution is -2.24. The van der Waals surface area contributed by atoms with E-state index < -0.39 is 30.0 Å². The van der Waals surface area contributed by atoms with Gasteiger partial charge in [-0.2, -0.15) is 0 Å². The van der Waals surface area contributed by atoms with Crippen LogP contribution in [0.5, 0.6) is 11.5 Å². The predicted molar refractivity (Wildman–Crippen MR) is 96.2 cm³/mol. The van der Waals surface area contributed by atoms with Crippen LogP contribution in [0.25, 0.3) is 0 Å². The SMILES string of the molecule is COc1ccc(Cl)cc1NC(=O)COC(=O)COc1ccccc1[N+](=O)[O-]. The molecule has 0 spiro atoms. The summed E-state index contributed by atoms with van der Waals surface area (Å²) in [6, 6.07) is 10.2. The highest BCUT2D eigenvalue weighted by Crippen LogP contribution is 2.27. The van der Waals surface area contributed by atoms with Gasteiger partial charge in [-0.1, -0.05) is 23.7 Å². The summed E-state index contributed by atoms with van der Waals surface area (Å²) in [5.41, 5.74) is 0.0401. The third kappa shape index (κ3) is 5.86.